The van der Waals surface area contributed by atoms with E-state index in [1.54, 1.807) is 12.3 Å². The van der Waals surface area contributed by atoms with Gasteiger partial charge in [0.05, 0.1) is 12.1 Å². The minimum absolute atomic E-state index is 0.0110. The third-order valence-electron chi connectivity index (χ3n) is 4.42. The highest BCUT2D eigenvalue weighted by Crippen LogP contribution is 2.28. The van der Waals surface area contributed by atoms with E-state index in [9.17, 15) is 9.18 Å². The van der Waals surface area contributed by atoms with E-state index >= 15 is 0 Å². The summed E-state index contributed by atoms with van der Waals surface area (Å²) < 4.78 is 19.2. The average molecular weight is 330 g/mol. The lowest BCUT2D eigenvalue weighted by molar-refractivity contribution is -0.135. The molecule has 1 fully saturated rings. The van der Waals surface area contributed by atoms with Crippen molar-refractivity contribution in [3.63, 3.8) is 0 Å². The van der Waals surface area contributed by atoms with Crippen LogP contribution in [-0.2, 0) is 11.2 Å². The first-order chi connectivity index (χ1) is 11.5. The maximum atomic E-state index is 13.3. The Hall–Kier alpha value is -2.17. The second-order valence-electron chi connectivity index (χ2n) is 6.75. The number of halogens is 1. The van der Waals surface area contributed by atoms with Crippen molar-refractivity contribution >= 4 is 5.91 Å². The molecule has 0 radical (unpaired) electrons. The van der Waals surface area contributed by atoms with Crippen LogP contribution in [-0.4, -0.2) is 28.9 Å². The molecule has 0 unspecified atom stereocenters. The van der Waals surface area contributed by atoms with Crippen molar-refractivity contribution in [2.45, 2.75) is 39.0 Å². The van der Waals surface area contributed by atoms with E-state index < -0.39 is 0 Å². The summed E-state index contributed by atoms with van der Waals surface area (Å²) in [5, 5.41) is 0. The van der Waals surface area contributed by atoms with Crippen molar-refractivity contribution in [2.24, 2.45) is 5.92 Å². The van der Waals surface area contributed by atoms with E-state index in [1.165, 1.54) is 12.1 Å². The van der Waals surface area contributed by atoms with Crippen molar-refractivity contribution in [1.82, 2.24) is 9.88 Å². The lowest BCUT2D eigenvalue weighted by Gasteiger charge is -2.32. The summed E-state index contributed by atoms with van der Waals surface area (Å²) in [4.78, 5) is 18.5. The number of rotatable bonds is 4. The van der Waals surface area contributed by atoms with Gasteiger partial charge in [-0.3, -0.25) is 4.79 Å². The van der Waals surface area contributed by atoms with Crippen LogP contribution in [0.4, 0.5) is 4.39 Å². The van der Waals surface area contributed by atoms with Gasteiger partial charge in [-0.25, -0.2) is 9.37 Å². The smallest absolute Gasteiger partial charge is 0.225 e. The van der Waals surface area contributed by atoms with Crippen LogP contribution in [0.5, 0.6) is 0 Å². The molecule has 0 spiro atoms. The van der Waals surface area contributed by atoms with Crippen LogP contribution in [0.2, 0.25) is 0 Å². The van der Waals surface area contributed by atoms with Crippen LogP contribution in [0.3, 0.4) is 0 Å². The first kappa shape index (κ1) is 16.7. The van der Waals surface area contributed by atoms with E-state index in [0.717, 1.165) is 30.7 Å². The minimum atomic E-state index is -0.248. The molecule has 1 aromatic heterocycles. The number of hydrogen-bond acceptors (Lipinski definition) is 3. The Morgan fingerprint density at radius 2 is 2.29 bits per heavy atom. The Morgan fingerprint density at radius 3 is 3.04 bits per heavy atom. The number of carbonyl (C=O) groups is 1. The molecule has 1 aromatic carbocycles. The molecular weight excluding hydrogens is 307 g/mol. The highest BCUT2D eigenvalue weighted by Gasteiger charge is 2.28. The number of aromatic nitrogens is 1. The van der Waals surface area contributed by atoms with Crippen molar-refractivity contribution in [2.75, 3.05) is 13.1 Å². The van der Waals surface area contributed by atoms with Gasteiger partial charge in [0.1, 0.15) is 11.6 Å². The fourth-order valence-corrected chi connectivity index (χ4v) is 3.19. The molecular formula is C19H23FN2O2. The first-order valence-electron chi connectivity index (χ1n) is 8.50. The highest BCUT2D eigenvalue weighted by molar-refractivity contribution is 5.78. The van der Waals surface area contributed by atoms with Crippen LogP contribution in [0.1, 0.15) is 49.8 Å². The van der Waals surface area contributed by atoms with Crippen LogP contribution in [0.25, 0.3) is 0 Å². The number of carbonyl (C=O) groups excluding carboxylic acids is 1. The fraction of sp³-hybridized carbons (Fsp3) is 0.474. The van der Waals surface area contributed by atoms with E-state index in [2.05, 4.69) is 4.98 Å². The molecule has 1 atom stereocenters. The van der Waals surface area contributed by atoms with Gasteiger partial charge in [-0.05, 0) is 30.5 Å². The maximum Gasteiger partial charge on any atom is 0.225 e. The number of piperidine rings is 1. The zero-order valence-corrected chi connectivity index (χ0v) is 14.2. The summed E-state index contributed by atoms with van der Waals surface area (Å²) in [6.45, 7) is 5.32. The quantitative estimate of drug-likeness (QED) is 0.857. The number of benzene rings is 1. The summed E-state index contributed by atoms with van der Waals surface area (Å²) >= 11 is 0. The summed E-state index contributed by atoms with van der Waals surface area (Å²) in [6.07, 6.45) is 4.17. The number of amides is 1. The fourth-order valence-electron chi connectivity index (χ4n) is 3.19. The molecule has 4 nitrogen and oxygen atoms in total. The maximum absolute atomic E-state index is 13.3. The second kappa shape index (κ2) is 7.16. The van der Waals surface area contributed by atoms with E-state index in [0.29, 0.717) is 18.9 Å². The molecule has 1 amide bonds. The van der Waals surface area contributed by atoms with E-state index in [1.807, 2.05) is 24.8 Å². The van der Waals surface area contributed by atoms with Gasteiger partial charge in [0.15, 0.2) is 5.89 Å². The molecule has 2 heterocycles. The molecule has 0 saturated carbocycles. The summed E-state index contributed by atoms with van der Waals surface area (Å²) in [7, 11) is 0. The topological polar surface area (TPSA) is 46.3 Å². The lowest BCUT2D eigenvalue weighted by atomic mass is 9.97. The Kier molecular flexibility index (Phi) is 4.97. The van der Waals surface area contributed by atoms with Gasteiger partial charge in [0.2, 0.25) is 5.91 Å². The van der Waals surface area contributed by atoms with Gasteiger partial charge in [-0.2, -0.15) is 0 Å². The van der Waals surface area contributed by atoms with Crippen molar-refractivity contribution in [1.29, 1.82) is 0 Å². The molecule has 5 heteroatoms. The molecule has 2 aromatic rings. The molecule has 128 valence electrons. The largest absolute Gasteiger partial charge is 0.445 e. The normalized spacial score (nSPS) is 18.2. The van der Waals surface area contributed by atoms with E-state index in [-0.39, 0.29) is 23.6 Å². The SMILES string of the molecule is CC(C)C(=O)N1CCC[C@@H](c2ncc(Cc3cccc(F)c3)o2)C1. The average Bonchev–Trinajstić information content (AvgIpc) is 3.02. The lowest BCUT2D eigenvalue weighted by Crippen LogP contribution is -2.41. The molecule has 1 aliphatic heterocycles. The van der Waals surface area contributed by atoms with Crippen LogP contribution >= 0.6 is 0 Å². The summed E-state index contributed by atoms with van der Waals surface area (Å²) in [6, 6.07) is 6.50. The number of hydrogen-bond donors (Lipinski definition) is 0. The van der Waals surface area contributed by atoms with Crippen molar-refractivity contribution < 1.29 is 13.6 Å². The zero-order valence-electron chi connectivity index (χ0n) is 14.2. The molecule has 1 saturated heterocycles. The Morgan fingerprint density at radius 1 is 1.46 bits per heavy atom. The minimum Gasteiger partial charge on any atom is -0.445 e. The third kappa shape index (κ3) is 3.83. The number of likely N-dealkylation sites (tertiary alicyclic amines) is 1. The van der Waals surface area contributed by atoms with Crippen LogP contribution < -0.4 is 0 Å². The highest BCUT2D eigenvalue weighted by atomic mass is 19.1. The number of nitrogens with zero attached hydrogens (tertiary/aromatic N) is 2. The standard InChI is InChI=1S/C19H23FN2O2/c1-13(2)19(23)22-8-4-6-15(12-22)18-21-11-17(24-18)10-14-5-3-7-16(20)9-14/h3,5,7,9,11,13,15H,4,6,8,10,12H2,1-2H3/t15-/m1/s1. The van der Waals surface area contributed by atoms with Gasteiger partial charge in [-0.15, -0.1) is 0 Å². The monoisotopic (exact) mass is 330 g/mol. The third-order valence-corrected chi connectivity index (χ3v) is 4.42. The predicted octanol–water partition coefficient (Wildman–Crippen LogP) is 3.77. The number of oxazole rings is 1. The second-order valence-corrected chi connectivity index (χ2v) is 6.75. The molecule has 0 N–H and O–H groups in total. The van der Waals surface area contributed by atoms with Gasteiger partial charge in [0.25, 0.3) is 0 Å². The van der Waals surface area contributed by atoms with Crippen LogP contribution in [0, 0.1) is 11.7 Å². The zero-order chi connectivity index (χ0) is 17.1. The van der Waals surface area contributed by atoms with Crippen LogP contribution in [0.15, 0.2) is 34.9 Å². The first-order valence-corrected chi connectivity index (χ1v) is 8.50. The van der Waals surface area contributed by atoms with Crippen molar-refractivity contribution in [3.8, 4) is 0 Å². The van der Waals surface area contributed by atoms with Gasteiger partial charge < -0.3 is 9.32 Å². The Bertz CT molecular complexity index is 711. The molecule has 3 rings (SSSR count). The molecule has 0 bridgehead atoms. The molecule has 24 heavy (non-hydrogen) atoms. The summed E-state index contributed by atoms with van der Waals surface area (Å²) in [5.74, 6) is 1.50. The van der Waals surface area contributed by atoms with Gasteiger partial charge in [0, 0.05) is 25.4 Å². The summed E-state index contributed by atoms with van der Waals surface area (Å²) in [5.41, 5.74) is 0.859. The Labute approximate surface area is 141 Å². The Balaban J connectivity index is 1.67. The molecule has 1 aliphatic rings. The predicted molar refractivity (Wildman–Crippen MR) is 89.1 cm³/mol. The molecule has 0 aliphatic carbocycles. The van der Waals surface area contributed by atoms with Crippen molar-refractivity contribution in [3.05, 3.63) is 53.5 Å². The van der Waals surface area contributed by atoms with Gasteiger partial charge >= 0.3 is 0 Å². The van der Waals surface area contributed by atoms with Gasteiger partial charge in [-0.1, -0.05) is 26.0 Å². The van der Waals surface area contributed by atoms with E-state index in [4.69, 9.17) is 4.42 Å².